The van der Waals surface area contributed by atoms with E-state index in [0.717, 1.165) is 11.1 Å². The van der Waals surface area contributed by atoms with Gasteiger partial charge >= 0.3 is 17.9 Å². The summed E-state index contributed by atoms with van der Waals surface area (Å²) in [5, 5.41) is 10.1. The maximum atomic E-state index is 12.0. The molecule has 188 valence electrons. The number of hydrogen-bond donors (Lipinski definition) is 1. The van der Waals surface area contributed by atoms with Crippen LogP contribution in [0.15, 0.2) is 42.5 Å². The Morgan fingerprint density at radius 3 is 2.17 bits per heavy atom. The molecule has 0 spiro atoms. The molecule has 8 nitrogen and oxygen atoms in total. The minimum absolute atomic E-state index is 0.0501. The minimum atomic E-state index is -0.928. The number of phenolic OH excluding ortho intramolecular Hbond substituents is 1. The zero-order chi connectivity index (χ0) is 25.7. The largest absolute Gasteiger partial charge is 0.508 e. The molecule has 0 unspecified atom stereocenters. The van der Waals surface area contributed by atoms with Crippen molar-refractivity contribution in [1.82, 2.24) is 0 Å². The van der Waals surface area contributed by atoms with Gasteiger partial charge in [-0.3, -0.25) is 14.4 Å². The molecule has 1 aliphatic heterocycles. The van der Waals surface area contributed by atoms with Crippen LogP contribution in [-0.4, -0.2) is 47.9 Å². The molecule has 3 rings (SSSR count). The molecule has 2 aromatic rings. The number of carbonyl (C=O) groups is 3. The Balaban J connectivity index is 1.99. The standard InChI is InChI=1S/C26H29ClO8/c1-14-23(13-32-15(2)28)35-25(26(34-17(4)30)24(14)33-16(3)29)19-7-10-22(27)20(12-19)11-18-5-8-21(31)9-6-18/h5-10,12,14,23-26,31H,11,13H2,1-4H3/t14-,23-,24+,25+,26-/m1/s1. The molecule has 0 saturated carbocycles. The van der Waals surface area contributed by atoms with E-state index in [0.29, 0.717) is 17.0 Å². The van der Waals surface area contributed by atoms with Gasteiger partial charge in [0.25, 0.3) is 0 Å². The van der Waals surface area contributed by atoms with E-state index < -0.39 is 48.2 Å². The van der Waals surface area contributed by atoms with Crippen molar-refractivity contribution >= 4 is 29.5 Å². The van der Waals surface area contributed by atoms with Gasteiger partial charge in [0.05, 0.1) is 6.10 Å². The number of carbonyl (C=O) groups excluding carboxylic acids is 3. The van der Waals surface area contributed by atoms with Crippen LogP contribution in [0.5, 0.6) is 5.75 Å². The average molecular weight is 505 g/mol. The second kappa shape index (κ2) is 11.6. The SMILES string of the molecule is CC(=O)OC[C@H]1O[C@@H](c2ccc(Cl)c(Cc3ccc(O)cc3)c2)[C@H](OC(C)=O)[C@@H](OC(C)=O)[C@@H]1C. The van der Waals surface area contributed by atoms with Gasteiger partial charge in [0, 0.05) is 31.7 Å². The van der Waals surface area contributed by atoms with Crippen molar-refractivity contribution in [1.29, 1.82) is 0 Å². The molecule has 1 aliphatic rings. The molecular weight excluding hydrogens is 476 g/mol. The van der Waals surface area contributed by atoms with E-state index in [2.05, 4.69) is 0 Å². The molecule has 35 heavy (non-hydrogen) atoms. The summed E-state index contributed by atoms with van der Waals surface area (Å²) < 4.78 is 22.7. The molecular formula is C26H29ClO8. The summed E-state index contributed by atoms with van der Waals surface area (Å²) in [5.74, 6) is -1.81. The minimum Gasteiger partial charge on any atom is -0.508 e. The molecule has 0 bridgehead atoms. The van der Waals surface area contributed by atoms with Gasteiger partial charge in [0.1, 0.15) is 24.6 Å². The third-order valence-electron chi connectivity index (χ3n) is 5.83. The summed E-state index contributed by atoms with van der Waals surface area (Å²) >= 11 is 6.47. The zero-order valence-corrected chi connectivity index (χ0v) is 20.8. The lowest BCUT2D eigenvalue weighted by Crippen LogP contribution is -2.54. The van der Waals surface area contributed by atoms with E-state index in [-0.39, 0.29) is 12.4 Å². The van der Waals surface area contributed by atoms with Crippen molar-refractivity contribution in [2.75, 3.05) is 6.61 Å². The zero-order valence-electron chi connectivity index (χ0n) is 20.0. The quantitative estimate of drug-likeness (QED) is 0.442. The van der Waals surface area contributed by atoms with Crippen molar-refractivity contribution < 1.29 is 38.4 Å². The first-order valence-electron chi connectivity index (χ1n) is 11.2. The fraction of sp³-hybridized carbons (Fsp3) is 0.423. The van der Waals surface area contributed by atoms with Gasteiger partial charge in [-0.2, -0.15) is 0 Å². The number of rotatable bonds is 7. The molecule has 1 heterocycles. The van der Waals surface area contributed by atoms with E-state index in [1.54, 1.807) is 43.3 Å². The smallest absolute Gasteiger partial charge is 0.303 e. The Morgan fingerprint density at radius 1 is 0.943 bits per heavy atom. The number of halogens is 1. The van der Waals surface area contributed by atoms with Crippen LogP contribution in [0.25, 0.3) is 0 Å². The average Bonchev–Trinajstić information content (AvgIpc) is 2.78. The van der Waals surface area contributed by atoms with E-state index in [4.69, 9.17) is 30.5 Å². The van der Waals surface area contributed by atoms with Crippen molar-refractivity contribution in [2.24, 2.45) is 5.92 Å². The highest BCUT2D eigenvalue weighted by molar-refractivity contribution is 6.31. The number of esters is 3. The van der Waals surface area contributed by atoms with Crippen LogP contribution in [-0.2, 0) is 39.8 Å². The van der Waals surface area contributed by atoms with E-state index in [1.807, 2.05) is 6.07 Å². The first kappa shape index (κ1) is 26.5. The molecule has 5 atom stereocenters. The third kappa shape index (κ3) is 6.96. The Kier molecular flexibility index (Phi) is 8.75. The van der Waals surface area contributed by atoms with Crippen LogP contribution in [0.4, 0.5) is 0 Å². The number of phenols is 1. The first-order chi connectivity index (χ1) is 16.5. The summed E-state index contributed by atoms with van der Waals surface area (Å²) in [4.78, 5) is 35.3. The Hall–Kier alpha value is -3.10. The third-order valence-corrected chi connectivity index (χ3v) is 6.20. The number of ether oxygens (including phenoxy) is 4. The summed E-state index contributed by atoms with van der Waals surface area (Å²) in [7, 11) is 0. The van der Waals surface area contributed by atoms with E-state index in [1.165, 1.54) is 20.8 Å². The van der Waals surface area contributed by atoms with Gasteiger partial charge in [-0.15, -0.1) is 0 Å². The normalized spacial score (nSPS) is 23.9. The first-order valence-corrected chi connectivity index (χ1v) is 11.6. The van der Waals surface area contributed by atoms with Crippen LogP contribution >= 0.6 is 11.6 Å². The lowest BCUT2D eigenvalue weighted by molar-refractivity contribution is -0.232. The lowest BCUT2D eigenvalue weighted by Gasteiger charge is -2.44. The van der Waals surface area contributed by atoms with Gasteiger partial charge in [-0.05, 0) is 41.3 Å². The van der Waals surface area contributed by atoms with Crippen LogP contribution < -0.4 is 0 Å². The summed E-state index contributed by atoms with van der Waals surface area (Å²) in [6.07, 6.45) is -2.69. The fourth-order valence-electron chi connectivity index (χ4n) is 4.16. The second-order valence-corrected chi connectivity index (χ2v) is 9.01. The van der Waals surface area contributed by atoms with Crippen LogP contribution in [0.2, 0.25) is 5.02 Å². The Bertz CT molecular complexity index is 1070. The van der Waals surface area contributed by atoms with Crippen molar-refractivity contribution in [3.8, 4) is 5.75 Å². The number of benzene rings is 2. The Labute approximate surface area is 209 Å². The molecule has 1 saturated heterocycles. The van der Waals surface area contributed by atoms with E-state index >= 15 is 0 Å². The second-order valence-electron chi connectivity index (χ2n) is 8.60. The van der Waals surface area contributed by atoms with Gasteiger partial charge in [0.2, 0.25) is 0 Å². The lowest BCUT2D eigenvalue weighted by atomic mass is 9.85. The predicted molar refractivity (Wildman–Crippen MR) is 127 cm³/mol. The maximum Gasteiger partial charge on any atom is 0.303 e. The molecule has 9 heteroatoms. The van der Waals surface area contributed by atoms with Crippen molar-refractivity contribution in [3.63, 3.8) is 0 Å². The molecule has 1 fully saturated rings. The molecule has 0 aromatic heterocycles. The van der Waals surface area contributed by atoms with E-state index in [9.17, 15) is 19.5 Å². The van der Waals surface area contributed by atoms with Crippen molar-refractivity contribution in [3.05, 3.63) is 64.2 Å². The maximum absolute atomic E-state index is 12.0. The fourth-order valence-corrected chi connectivity index (χ4v) is 4.34. The predicted octanol–water partition coefficient (Wildman–Crippen LogP) is 4.14. The van der Waals surface area contributed by atoms with Crippen LogP contribution in [0, 0.1) is 5.92 Å². The highest BCUT2D eigenvalue weighted by atomic mass is 35.5. The van der Waals surface area contributed by atoms with Gasteiger partial charge in [-0.25, -0.2) is 0 Å². The number of hydrogen-bond acceptors (Lipinski definition) is 8. The molecule has 0 amide bonds. The summed E-state index contributed by atoms with van der Waals surface area (Å²) in [6, 6.07) is 12.1. The van der Waals surface area contributed by atoms with Gasteiger partial charge in [-0.1, -0.05) is 42.8 Å². The molecule has 0 radical (unpaired) electrons. The molecule has 2 aromatic carbocycles. The van der Waals surface area contributed by atoms with Gasteiger partial charge < -0.3 is 24.1 Å². The van der Waals surface area contributed by atoms with Crippen LogP contribution in [0.1, 0.15) is 50.5 Å². The van der Waals surface area contributed by atoms with Gasteiger partial charge in [0.15, 0.2) is 6.10 Å². The summed E-state index contributed by atoms with van der Waals surface area (Å²) in [5.41, 5.74) is 2.38. The molecule has 1 N–H and O–H groups in total. The highest BCUT2D eigenvalue weighted by Crippen LogP contribution is 2.40. The Morgan fingerprint density at radius 2 is 1.57 bits per heavy atom. The topological polar surface area (TPSA) is 108 Å². The van der Waals surface area contributed by atoms with Crippen LogP contribution in [0.3, 0.4) is 0 Å². The monoisotopic (exact) mass is 504 g/mol. The highest BCUT2D eigenvalue weighted by Gasteiger charge is 2.48. The number of aromatic hydroxyl groups is 1. The summed E-state index contributed by atoms with van der Waals surface area (Å²) in [6.45, 7) is 5.58. The molecule has 0 aliphatic carbocycles. The van der Waals surface area contributed by atoms with Crippen molar-refractivity contribution in [2.45, 2.75) is 58.5 Å².